The molecule has 0 unspecified atom stereocenters. The van der Waals surface area contributed by atoms with E-state index in [-0.39, 0.29) is 5.69 Å². The molecule has 0 N–H and O–H groups in total. The van der Waals surface area contributed by atoms with Gasteiger partial charge in [-0.1, -0.05) is 0 Å². The molecule has 0 atom stereocenters. The molecule has 2 aromatic heterocycles. The molecular formula is C10H5BrN4O. The zero-order valence-electron chi connectivity index (χ0n) is 7.96. The third-order valence-corrected chi connectivity index (χ3v) is 2.15. The van der Waals surface area contributed by atoms with Gasteiger partial charge in [-0.15, -0.1) is 10.2 Å². The van der Waals surface area contributed by atoms with Crippen LogP contribution in [0.5, 0.6) is 11.6 Å². The molecule has 0 aromatic carbocycles. The van der Waals surface area contributed by atoms with E-state index in [1.54, 1.807) is 24.4 Å². The van der Waals surface area contributed by atoms with Crippen molar-refractivity contribution in [2.24, 2.45) is 0 Å². The Bertz CT molecular complexity index is 518. The largest absolute Gasteiger partial charge is 0.436 e. The molecule has 0 saturated carbocycles. The molecule has 2 rings (SSSR count). The smallest absolute Gasteiger partial charge is 0.239 e. The van der Waals surface area contributed by atoms with Crippen LogP contribution in [0.15, 0.2) is 35.1 Å². The molecule has 0 fully saturated rings. The van der Waals surface area contributed by atoms with Crippen molar-refractivity contribution in [3.8, 4) is 17.7 Å². The summed E-state index contributed by atoms with van der Waals surface area (Å²) in [5.74, 6) is 0.880. The number of ether oxygens (including phenoxy) is 1. The molecule has 0 radical (unpaired) electrons. The second-order valence-corrected chi connectivity index (χ2v) is 3.60. The van der Waals surface area contributed by atoms with Gasteiger partial charge in [-0.05, 0) is 34.1 Å². The summed E-state index contributed by atoms with van der Waals surface area (Å²) in [5, 5.41) is 15.9. The van der Waals surface area contributed by atoms with Gasteiger partial charge in [0.1, 0.15) is 16.4 Å². The van der Waals surface area contributed by atoms with Gasteiger partial charge in [0.05, 0.1) is 6.20 Å². The van der Waals surface area contributed by atoms with Crippen molar-refractivity contribution in [1.29, 1.82) is 5.26 Å². The molecule has 2 heterocycles. The highest BCUT2D eigenvalue weighted by molar-refractivity contribution is 9.10. The molecule has 6 heteroatoms. The summed E-state index contributed by atoms with van der Waals surface area (Å²) in [6.07, 6.45) is 1.56. The maximum absolute atomic E-state index is 8.54. The fraction of sp³-hybridized carbons (Fsp3) is 0. The third-order valence-electron chi connectivity index (χ3n) is 1.68. The van der Waals surface area contributed by atoms with E-state index in [0.29, 0.717) is 11.6 Å². The van der Waals surface area contributed by atoms with Crippen molar-refractivity contribution >= 4 is 15.9 Å². The number of hydrogen-bond donors (Lipinski definition) is 0. The van der Waals surface area contributed by atoms with E-state index in [2.05, 4.69) is 31.1 Å². The van der Waals surface area contributed by atoms with Crippen molar-refractivity contribution in [3.05, 3.63) is 40.8 Å². The number of aromatic nitrogens is 3. The van der Waals surface area contributed by atoms with Crippen molar-refractivity contribution in [2.45, 2.75) is 0 Å². The minimum absolute atomic E-state index is 0.251. The zero-order chi connectivity index (χ0) is 11.4. The first-order valence-corrected chi connectivity index (χ1v) is 5.10. The normalized spacial score (nSPS) is 9.50. The molecule has 0 amide bonds. The summed E-state index contributed by atoms with van der Waals surface area (Å²) in [7, 11) is 0. The van der Waals surface area contributed by atoms with Gasteiger partial charge in [0.15, 0.2) is 5.69 Å². The topological polar surface area (TPSA) is 71.7 Å². The van der Waals surface area contributed by atoms with Crippen LogP contribution in [0.25, 0.3) is 0 Å². The van der Waals surface area contributed by atoms with E-state index < -0.39 is 0 Å². The Kier molecular flexibility index (Phi) is 3.08. The van der Waals surface area contributed by atoms with Gasteiger partial charge in [-0.3, -0.25) is 0 Å². The van der Waals surface area contributed by atoms with Crippen LogP contribution in [0, 0.1) is 11.3 Å². The fourth-order valence-corrected chi connectivity index (χ4v) is 1.21. The Morgan fingerprint density at radius 1 is 1.19 bits per heavy atom. The van der Waals surface area contributed by atoms with Crippen LogP contribution in [0.1, 0.15) is 5.69 Å². The Labute approximate surface area is 99.9 Å². The summed E-state index contributed by atoms with van der Waals surface area (Å²) in [6.45, 7) is 0. The first kappa shape index (κ1) is 10.5. The van der Waals surface area contributed by atoms with Gasteiger partial charge in [0.2, 0.25) is 5.88 Å². The molecule has 0 aliphatic rings. The SMILES string of the molecule is N#Cc1ccc(Oc2ccc(Br)nc2)nn1. The lowest BCUT2D eigenvalue weighted by Crippen LogP contribution is -1.92. The lowest BCUT2D eigenvalue weighted by molar-refractivity contribution is 0.452. The van der Waals surface area contributed by atoms with Crippen molar-refractivity contribution < 1.29 is 4.74 Å². The lowest BCUT2D eigenvalue weighted by atomic mass is 10.4. The monoisotopic (exact) mass is 276 g/mol. The van der Waals surface area contributed by atoms with Crippen molar-refractivity contribution in [2.75, 3.05) is 0 Å². The summed E-state index contributed by atoms with van der Waals surface area (Å²) in [6, 6.07) is 8.49. The van der Waals surface area contributed by atoms with Crippen molar-refractivity contribution in [3.63, 3.8) is 0 Å². The van der Waals surface area contributed by atoms with Gasteiger partial charge >= 0.3 is 0 Å². The molecule has 2 aromatic rings. The Hall–Kier alpha value is -2.00. The quantitative estimate of drug-likeness (QED) is 0.787. The van der Waals surface area contributed by atoms with Gasteiger partial charge in [-0.25, -0.2) is 4.98 Å². The predicted molar refractivity (Wildman–Crippen MR) is 58.8 cm³/mol. The second kappa shape index (κ2) is 4.68. The van der Waals surface area contributed by atoms with E-state index in [9.17, 15) is 0 Å². The molecule has 16 heavy (non-hydrogen) atoms. The number of nitriles is 1. The highest BCUT2D eigenvalue weighted by Crippen LogP contribution is 2.18. The van der Waals surface area contributed by atoms with Gasteiger partial charge in [0.25, 0.3) is 0 Å². The second-order valence-electron chi connectivity index (χ2n) is 2.79. The molecule has 5 nitrogen and oxygen atoms in total. The lowest BCUT2D eigenvalue weighted by Gasteiger charge is -2.02. The molecule has 0 bridgehead atoms. The van der Waals surface area contributed by atoms with E-state index in [1.807, 2.05) is 6.07 Å². The molecule has 0 saturated heterocycles. The minimum atomic E-state index is 0.251. The van der Waals surface area contributed by atoms with E-state index in [1.165, 1.54) is 6.07 Å². The maximum atomic E-state index is 8.54. The highest BCUT2D eigenvalue weighted by atomic mass is 79.9. The number of hydrogen-bond acceptors (Lipinski definition) is 5. The number of rotatable bonds is 2. The third kappa shape index (κ3) is 2.52. The first-order valence-electron chi connectivity index (χ1n) is 4.31. The molecule has 0 aliphatic heterocycles. The molecule has 0 spiro atoms. The average Bonchev–Trinajstić information content (AvgIpc) is 2.33. The summed E-state index contributed by atoms with van der Waals surface area (Å²) in [5.41, 5.74) is 0.251. The average molecular weight is 277 g/mol. The van der Waals surface area contributed by atoms with Crippen LogP contribution in [0.4, 0.5) is 0 Å². The van der Waals surface area contributed by atoms with E-state index in [0.717, 1.165) is 4.60 Å². The van der Waals surface area contributed by atoms with Gasteiger partial charge in [-0.2, -0.15) is 5.26 Å². The molecule has 0 aliphatic carbocycles. The van der Waals surface area contributed by atoms with Crippen LogP contribution in [-0.2, 0) is 0 Å². The Morgan fingerprint density at radius 2 is 2.06 bits per heavy atom. The van der Waals surface area contributed by atoms with Gasteiger partial charge < -0.3 is 4.74 Å². The molecule has 78 valence electrons. The standard InChI is InChI=1S/C10H5BrN4O/c11-9-3-2-8(6-13-9)16-10-4-1-7(5-12)14-15-10/h1-4,6H. The Balaban J connectivity index is 2.15. The maximum Gasteiger partial charge on any atom is 0.239 e. The van der Waals surface area contributed by atoms with E-state index >= 15 is 0 Å². The van der Waals surface area contributed by atoms with Crippen LogP contribution < -0.4 is 4.74 Å². The summed E-state index contributed by atoms with van der Waals surface area (Å²) < 4.78 is 6.09. The number of pyridine rings is 1. The predicted octanol–water partition coefficient (Wildman–Crippen LogP) is 2.30. The van der Waals surface area contributed by atoms with Crippen LogP contribution in [-0.4, -0.2) is 15.2 Å². The first-order chi connectivity index (χ1) is 7.78. The van der Waals surface area contributed by atoms with Crippen LogP contribution in [0.3, 0.4) is 0 Å². The number of nitrogens with zero attached hydrogens (tertiary/aromatic N) is 4. The summed E-state index contributed by atoms with van der Waals surface area (Å²) in [4.78, 5) is 4.00. The minimum Gasteiger partial charge on any atom is -0.436 e. The Morgan fingerprint density at radius 3 is 2.62 bits per heavy atom. The van der Waals surface area contributed by atoms with E-state index in [4.69, 9.17) is 10.00 Å². The van der Waals surface area contributed by atoms with Crippen LogP contribution >= 0.6 is 15.9 Å². The van der Waals surface area contributed by atoms with Crippen molar-refractivity contribution in [1.82, 2.24) is 15.2 Å². The highest BCUT2D eigenvalue weighted by Gasteiger charge is 2.00. The van der Waals surface area contributed by atoms with Gasteiger partial charge in [0, 0.05) is 6.07 Å². The molecular weight excluding hydrogens is 272 g/mol. The number of halogens is 1. The van der Waals surface area contributed by atoms with Crippen LogP contribution in [0.2, 0.25) is 0 Å². The summed E-state index contributed by atoms with van der Waals surface area (Å²) >= 11 is 3.22. The fourth-order valence-electron chi connectivity index (χ4n) is 0.977. The zero-order valence-corrected chi connectivity index (χ0v) is 9.55.